The van der Waals surface area contributed by atoms with Crippen LogP contribution >= 0.6 is 0 Å². The van der Waals surface area contributed by atoms with Gasteiger partial charge in [0.2, 0.25) is 5.91 Å². The van der Waals surface area contributed by atoms with Crippen LogP contribution in [0.3, 0.4) is 0 Å². The van der Waals surface area contributed by atoms with Gasteiger partial charge >= 0.3 is 0 Å². The van der Waals surface area contributed by atoms with E-state index in [0.29, 0.717) is 18.5 Å². The molecule has 1 aromatic heterocycles. The van der Waals surface area contributed by atoms with Crippen molar-refractivity contribution in [3.05, 3.63) is 47.3 Å². The van der Waals surface area contributed by atoms with E-state index < -0.39 is 5.66 Å². The molecule has 2 aromatic rings. The minimum absolute atomic E-state index is 0.0113. The molecule has 2 bridgehead atoms. The van der Waals surface area contributed by atoms with Crippen molar-refractivity contribution in [2.75, 3.05) is 5.32 Å². The molecule has 2 N–H and O–H groups in total. The molecule has 0 saturated carbocycles. The number of carbonyl (C=O) groups is 2. The van der Waals surface area contributed by atoms with Gasteiger partial charge in [-0.3, -0.25) is 14.3 Å². The van der Waals surface area contributed by atoms with Crippen molar-refractivity contribution < 1.29 is 9.59 Å². The number of nitrogens with one attached hydrogen (secondary N) is 2. The van der Waals surface area contributed by atoms with Crippen molar-refractivity contribution in [1.82, 2.24) is 20.0 Å². The van der Waals surface area contributed by atoms with Gasteiger partial charge in [-0.15, -0.1) is 0 Å². The lowest BCUT2D eigenvalue weighted by atomic mass is 9.86. The summed E-state index contributed by atoms with van der Waals surface area (Å²) in [5.74, 6) is 0.0868. The first-order valence-electron chi connectivity index (χ1n) is 9.99. The Labute approximate surface area is 164 Å². The SMILES string of the molecule is Cc1cc(C)n(CCC(=O)N2[C@H]3CC[C@H]2[C@@]2(C3)NC(=O)c3ccccc3N2)n1. The van der Waals surface area contributed by atoms with Gasteiger partial charge in [0.25, 0.3) is 5.91 Å². The largest absolute Gasteiger partial charge is 0.360 e. The topological polar surface area (TPSA) is 79.3 Å². The van der Waals surface area contributed by atoms with Crippen molar-refractivity contribution >= 4 is 17.5 Å². The van der Waals surface area contributed by atoms with Gasteiger partial charge in [-0.05, 0) is 44.9 Å². The minimum Gasteiger partial charge on any atom is -0.360 e. The summed E-state index contributed by atoms with van der Waals surface area (Å²) in [6.07, 6.45) is 3.09. The fourth-order valence-electron chi connectivity index (χ4n) is 5.28. The van der Waals surface area contributed by atoms with E-state index in [1.165, 1.54) is 0 Å². The summed E-state index contributed by atoms with van der Waals surface area (Å²) >= 11 is 0. The first kappa shape index (κ1) is 17.3. The quantitative estimate of drug-likeness (QED) is 0.857. The third-order valence-corrected chi connectivity index (χ3v) is 6.42. The van der Waals surface area contributed by atoms with E-state index in [-0.39, 0.29) is 23.9 Å². The Morgan fingerprint density at radius 2 is 2.07 bits per heavy atom. The fourth-order valence-corrected chi connectivity index (χ4v) is 5.28. The lowest BCUT2D eigenvalue weighted by Gasteiger charge is -2.43. The van der Waals surface area contributed by atoms with Gasteiger partial charge in [0.1, 0.15) is 5.66 Å². The second kappa shape index (κ2) is 6.09. The van der Waals surface area contributed by atoms with Crippen molar-refractivity contribution in [1.29, 1.82) is 0 Å². The van der Waals surface area contributed by atoms with Crippen molar-refractivity contribution in [2.45, 2.75) is 63.8 Å². The molecule has 1 aromatic carbocycles. The molecular formula is C21H25N5O2. The minimum atomic E-state index is -0.553. The molecule has 0 aliphatic carbocycles. The van der Waals surface area contributed by atoms with Crippen LogP contribution in [0.1, 0.15) is 47.4 Å². The Balaban J connectivity index is 1.35. The molecule has 1 spiro atoms. The van der Waals surface area contributed by atoms with Crippen LogP contribution in [0, 0.1) is 13.8 Å². The van der Waals surface area contributed by atoms with Crippen molar-refractivity contribution in [2.24, 2.45) is 0 Å². The zero-order valence-electron chi connectivity index (χ0n) is 16.2. The monoisotopic (exact) mass is 379 g/mol. The number of amides is 2. The number of hydrogen-bond acceptors (Lipinski definition) is 4. The van der Waals surface area contributed by atoms with Crippen LogP contribution in [0.4, 0.5) is 5.69 Å². The predicted molar refractivity (Wildman–Crippen MR) is 105 cm³/mol. The molecule has 7 heteroatoms. The van der Waals surface area contributed by atoms with Gasteiger partial charge in [0.05, 0.1) is 17.3 Å². The van der Waals surface area contributed by atoms with Gasteiger partial charge in [0.15, 0.2) is 0 Å². The van der Waals surface area contributed by atoms with Gasteiger partial charge < -0.3 is 15.5 Å². The number of aryl methyl sites for hydroxylation is 3. The number of aromatic nitrogens is 2. The summed E-state index contributed by atoms with van der Waals surface area (Å²) in [4.78, 5) is 27.8. The molecule has 3 aliphatic rings. The highest BCUT2D eigenvalue weighted by Gasteiger charge is 2.59. The molecule has 2 fully saturated rings. The highest BCUT2D eigenvalue weighted by molar-refractivity contribution is 6.02. The fraction of sp³-hybridized carbons (Fsp3) is 0.476. The maximum atomic E-state index is 13.1. The Morgan fingerprint density at radius 3 is 2.86 bits per heavy atom. The molecule has 5 rings (SSSR count). The smallest absolute Gasteiger partial charge is 0.255 e. The Bertz CT molecular complexity index is 967. The Morgan fingerprint density at radius 1 is 1.25 bits per heavy atom. The van der Waals surface area contributed by atoms with Crippen LogP contribution < -0.4 is 10.6 Å². The number of fused-ring (bicyclic) bond motifs is 4. The number of rotatable bonds is 3. The van der Waals surface area contributed by atoms with Crippen molar-refractivity contribution in [3.63, 3.8) is 0 Å². The molecule has 3 atom stereocenters. The molecular weight excluding hydrogens is 354 g/mol. The van der Waals surface area contributed by atoms with E-state index in [9.17, 15) is 9.59 Å². The normalized spacial score (nSPS) is 27.6. The van der Waals surface area contributed by atoms with Gasteiger partial charge in [-0.1, -0.05) is 12.1 Å². The zero-order chi connectivity index (χ0) is 19.5. The summed E-state index contributed by atoms with van der Waals surface area (Å²) in [6.45, 7) is 4.56. The summed E-state index contributed by atoms with van der Waals surface area (Å²) in [5.41, 5.74) is 3.01. The molecule has 0 unspecified atom stereocenters. The number of para-hydroxylation sites is 1. The second-order valence-electron chi connectivity index (χ2n) is 8.25. The molecule has 4 heterocycles. The number of hydrogen-bond donors (Lipinski definition) is 2. The second-order valence-corrected chi connectivity index (χ2v) is 8.25. The van der Waals surface area contributed by atoms with Crippen LogP contribution in [0.15, 0.2) is 30.3 Å². The molecule has 3 aliphatic heterocycles. The van der Waals surface area contributed by atoms with E-state index >= 15 is 0 Å². The van der Waals surface area contributed by atoms with Crippen molar-refractivity contribution in [3.8, 4) is 0 Å². The van der Waals surface area contributed by atoms with Crippen LogP contribution in [0.25, 0.3) is 0 Å². The Kier molecular flexibility index (Phi) is 3.76. The number of benzene rings is 1. The zero-order valence-corrected chi connectivity index (χ0v) is 16.2. The first-order chi connectivity index (χ1) is 13.5. The predicted octanol–water partition coefficient (Wildman–Crippen LogP) is 2.21. The van der Waals surface area contributed by atoms with Gasteiger partial charge in [-0.2, -0.15) is 5.10 Å². The molecule has 2 saturated heterocycles. The molecule has 28 heavy (non-hydrogen) atoms. The molecule has 2 amide bonds. The number of anilines is 1. The van der Waals surface area contributed by atoms with Crippen LogP contribution in [-0.2, 0) is 11.3 Å². The molecule has 7 nitrogen and oxygen atoms in total. The Hall–Kier alpha value is -2.83. The van der Waals surface area contributed by atoms with Gasteiger partial charge in [-0.25, -0.2) is 0 Å². The lowest BCUT2D eigenvalue weighted by Crippen LogP contribution is -2.64. The maximum Gasteiger partial charge on any atom is 0.255 e. The highest BCUT2D eigenvalue weighted by atomic mass is 16.2. The summed E-state index contributed by atoms with van der Waals surface area (Å²) < 4.78 is 1.90. The highest BCUT2D eigenvalue weighted by Crippen LogP contribution is 2.46. The van der Waals surface area contributed by atoms with E-state index in [4.69, 9.17) is 0 Å². The maximum absolute atomic E-state index is 13.1. The third kappa shape index (κ3) is 2.52. The summed E-state index contributed by atoms with van der Waals surface area (Å²) in [7, 11) is 0. The van der Waals surface area contributed by atoms with Crippen LogP contribution in [-0.4, -0.2) is 44.2 Å². The molecule has 0 radical (unpaired) electrons. The summed E-state index contributed by atoms with van der Waals surface area (Å²) in [5, 5.41) is 11.2. The summed E-state index contributed by atoms with van der Waals surface area (Å²) in [6, 6.07) is 9.76. The number of nitrogens with zero attached hydrogens (tertiary/aromatic N) is 3. The van der Waals surface area contributed by atoms with E-state index in [1.807, 2.05) is 53.8 Å². The average molecular weight is 379 g/mol. The van der Waals surface area contributed by atoms with Crippen LogP contribution in [0.5, 0.6) is 0 Å². The van der Waals surface area contributed by atoms with E-state index in [1.54, 1.807) is 0 Å². The lowest BCUT2D eigenvalue weighted by molar-refractivity contribution is -0.133. The standard InChI is InChI=1S/C21H25N5O2/c1-13-11-14(2)25(24-13)10-9-19(27)26-15-7-8-18(26)21(12-15)22-17-6-4-3-5-16(17)20(28)23-21/h3-6,11,15,18,22H,7-10,12H2,1-2H3,(H,23,28)/t15-,18-,21+/m0/s1. The van der Waals surface area contributed by atoms with Crippen LogP contribution in [0.2, 0.25) is 0 Å². The third-order valence-electron chi connectivity index (χ3n) is 6.42. The van der Waals surface area contributed by atoms with E-state index in [2.05, 4.69) is 15.7 Å². The first-order valence-corrected chi connectivity index (χ1v) is 9.99. The van der Waals surface area contributed by atoms with Gasteiger partial charge in [0, 0.05) is 36.8 Å². The van der Waals surface area contributed by atoms with E-state index in [0.717, 1.165) is 36.3 Å². The average Bonchev–Trinajstić information content (AvgIpc) is 3.30. The molecule has 146 valence electrons. The number of carbonyl (C=O) groups excluding carboxylic acids is 2.